The molecule has 2 rings (SSSR count). The van der Waals surface area contributed by atoms with Gasteiger partial charge in [0, 0.05) is 18.7 Å². The van der Waals surface area contributed by atoms with E-state index in [2.05, 4.69) is 5.32 Å². The third-order valence-corrected chi connectivity index (χ3v) is 2.24. The lowest BCUT2D eigenvalue weighted by Gasteiger charge is -2.35. The van der Waals surface area contributed by atoms with Gasteiger partial charge in [-0.2, -0.15) is 0 Å². The first-order valence-electron chi connectivity index (χ1n) is 3.98. The van der Waals surface area contributed by atoms with Crippen molar-refractivity contribution >= 4 is 0 Å². The maximum Gasteiger partial charge on any atom is 0.165 e. The summed E-state index contributed by atoms with van der Waals surface area (Å²) in [4.78, 5) is 0. The normalized spacial score (nSPS) is 19.6. The van der Waals surface area contributed by atoms with E-state index in [1.807, 2.05) is 0 Å². The highest BCUT2D eigenvalue weighted by atomic mass is 19.2. The number of rotatable bonds is 1. The van der Waals surface area contributed by atoms with E-state index in [1.54, 1.807) is 0 Å². The standard InChI is InChI=1S/C9H8F3N/c10-7-3-1-2-6(8(7)11)9(12)4-13-5-9/h1-3,13H,4-5H2. The Bertz CT molecular complexity index is 334. The van der Waals surface area contributed by atoms with E-state index < -0.39 is 17.3 Å². The SMILES string of the molecule is Fc1cccc(C2(F)CNC2)c1F. The van der Waals surface area contributed by atoms with Crippen LogP contribution in [0.1, 0.15) is 5.56 Å². The van der Waals surface area contributed by atoms with Crippen LogP contribution in [0.4, 0.5) is 13.2 Å². The van der Waals surface area contributed by atoms with E-state index in [9.17, 15) is 13.2 Å². The van der Waals surface area contributed by atoms with Crippen LogP contribution in [-0.4, -0.2) is 13.1 Å². The summed E-state index contributed by atoms with van der Waals surface area (Å²) < 4.78 is 39.4. The second-order valence-corrected chi connectivity index (χ2v) is 3.17. The van der Waals surface area contributed by atoms with E-state index in [1.165, 1.54) is 12.1 Å². The molecular formula is C9H8F3N. The van der Waals surface area contributed by atoms with Crippen molar-refractivity contribution in [3.8, 4) is 0 Å². The molecule has 1 aromatic carbocycles. The van der Waals surface area contributed by atoms with Crippen LogP contribution in [0, 0.1) is 11.6 Å². The average molecular weight is 187 g/mol. The van der Waals surface area contributed by atoms with Crippen molar-refractivity contribution in [3.05, 3.63) is 35.4 Å². The molecule has 4 heteroatoms. The lowest BCUT2D eigenvalue weighted by atomic mass is 9.90. The molecule has 0 aromatic heterocycles. The number of nitrogens with one attached hydrogen (secondary N) is 1. The van der Waals surface area contributed by atoms with E-state index in [0.29, 0.717) is 0 Å². The Kier molecular flexibility index (Phi) is 1.80. The molecule has 1 nitrogen and oxygen atoms in total. The Balaban J connectivity index is 2.45. The summed E-state index contributed by atoms with van der Waals surface area (Å²) in [7, 11) is 0. The maximum atomic E-state index is 13.6. The van der Waals surface area contributed by atoms with Gasteiger partial charge in [-0.05, 0) is 6.07 Å². The highest BCUT2D eigenvalue weighted by Crippen LogP contribution is 2.32. The van der Waals surface area contributed by atoms with Gasteiger partial charge in [0.25, 0.3) is 0 Å². The number of hydrogen-bond donors (Lipinski definition) is 1. The molecule has 1 aromatic rings. The second-order valence-electron chi connectivity index (χ2n) is 3.17. The summed E-state index contributed by atoms with van der Waals surface area (Å²) in [6, 6.07) is 3.57. The molecule has 70 valence electrons. The molecule has 1 aliphatic rings. The van der Waals surface area contributed by atoms with Crippen LogP contribution in [0.2, 0.25) is 0 Å². The first-order chi connectivity index (χ1) is 6.13. The van der Waals surface area contributed by atoms with E-state index in [4.69, 9.17) is 0 Å². The lowest BCUT2D eigenvalue weighted by Crippen LogP contribution is -2.54. The van der Waals surface area contributed by atoms with Crippen LogP contribution in [-0.2, 0) is 5.67 Å². The molecule has 0 spiro atoms. The van der Waals surface area contributed by atoms with Crippen LogP contribution in [0.25, 0.3) is 0 Å². The van der Waals surface area contributed by atoms with Crippen molar-refractivity contribution in [1.82, 2.24) is 5.32 Å². The third kappa shape index (κ3) is 1.21. The highest BCUT2D eigenvalue weighted by molar-refractivity contribution is 5.28. The molecule has 1 N–H and O–H groups in total. The fourth-order valence-electron chi connectivity index (χ4n) is 1.38. The fourth-order valence-corrected chi connectivity index (χ4v) is 1.38. The van der Waals surface area contributed by atoms with Crippen LogP contribution >= 0.6 is 0 Å². The molecule has 0 aliphatic carbocycles. The molecule has 0 atom stereocenters. The maximum absolute atomic E-state index is 13.6. The topological polar surface area (TPSA) is 12.0 Å². The predicted octanol–water partition coefficient (Wildman–Crippen LogP) is 1.73. The summed E-state index contributed by atoms with van der Waals surface area (Å²) in [5, 5.41) is 2.68. The molecule has 1 heterocycles. The van der Waals surface area contributed by atoms with Gasteiger partial charge in [-0.25, -0.2) is 13.2 Å². The Morgan fingerprint density at radius 1 is 1.23 bits per heavy atom. The molecule has 13 heavy (non-hydrogen) atoms. The molecule has 0 amide bonds. The van der Waals surface area contributed by atoms with Crippen molar-refractivity contribution in [2.45, 2.75) is 5.67 Å². The summed E-state index contributed by atoms with van der Waals surface area (Å²) in [6.45, 7) is 0.0980. The van der Waals surface area contributed by atoms with Gasteiger partial charge in [-0.3, -0.25) is 0 Å². The van der Waals surface area contributed by atoms with Crippen LogP contribution in [0.3, 0.4) is 0 Å². The van der Waals surface area contributed by atoms with E-state index in [0.717, 1.165) is 6.07 Å². The molecule has 0 unspecified atom stereocenters. The monoisotopic (exact) mass is 187 g/mol. The van der Waals surface area contributed by atoms with Gasteiger partial charge in [-0.1, -0.05) is 12.1 Å². The molecule has 0 radical (unpaired) electrons. The molecular weight excluding hydrogens is 179 g/mol. The van der Waals surface area contributed by atoms with Gasteiger partial charge >= 0.3 is 0 Å². The number of hydrogen-bond acceptors (Lipinski definition) is 1. The van der Waals surface area contributed by atoms with Gasteiger partial charge in [0.1, 0.15) is 0 Å². The first kappa shape index (κ1) is 8.56. The van der Waals surface area contributed by atoms with Crippen molar-refractivity contribution < 1.29 is 13.2 Å². The zero-order valence-electron chi connectivity index (χ0n) is 6.78. The van der Waals surface area contributed by atoms with Gasteiger partial charge < -0.3 is 5.32 Å². The minimum Gasteiger partial charge on any atom is -0.310 e. The highest BCUT2D eigenvalue weighted by Gasteiger charge is 2.41. The predicted molar refractivity (Wildman–Crippen MR) is 42.0 cm³/mol. The van der Waals surface area contributed by atoms with Gasteiger partial charge in [-0.15, -0.1) is 0 Å². The largest absolute Gasteiger partial charge is 0.310 e. The van der Waals surface area contributed by atoms with Gasteiger partial charge in [0.2, 0.25) is 0 Å². The smallest absolute Gasteiger partial charge is 0.165 e. The molecule has 1 aliphatic heterocycles. The summed E-state index contributed by atoms with van der Waals surface area (Å²) in [6.07, 6.45) is 0. The minimum atomic E-state index is -1.73. The van der Waals surface area contributed by atoms with Crippen molar-refractivity contribution in [1.29, 1.82) is 0 Å². The van der Waals surface area contributed by atoms with Gasteiger partial charge in [0.05, 0.1) is 0 Å². The summed E-state index contributed by atoms with van der Waals surface area (Å²) in [5.74, 6) is -2.08. The Morgan fingerprint density at radius 3 is 2.46 bits per heavy atom. The Morgan fingerprint density at radius 2 is 1.92 bits per heavy atom. The number of benzene rings is 1. The zero-order chi connectivity index (χ0) is 9.47. The number of halogens is 3. The van der Waals surface area contributed by atoms with Crippen LogP contribution in [0.5, 0.6) is 0 Å². The Labute approximate surface area is 73.6 Å². The van der Waals surface area contributed by atoms with Crippen LogP contribution in [0.15, 0.2) is 18.2 Å². The molecule has 0 bridgehead atoms. The lowest BCUT2D eigenvalue weighted by molar-refractivity contribution is 0.0838. The number of alkyl halides is 1. The van der Waals surface area contributed by atoms with Crippen molar-refractivity contribution in [2.24, 2.45) is 0 Å². The average Bonchev–Trinajstić information content (AvgIpc) is 2.06. The molecule has 1 saturated heterocycles. The molecule has 0 saturated carbocycles. The van der Waals surface area contributed by atoms with Crippen LogP contribution < -0.4 is 5.32 Å². The fraction of sp³-hybridized carbons (Fsp3) is 0.333. The summed E-state index contributed by atoms with van der Waals surface area (Å²) in [5.41, 5.74) is -1.92. The zero-order valence-corrected chi connectivity index (χ0v) is 6.78. The quantitative estimate of drug-likeness (QED) is 0.706. The Hall–Kier alpha value is -1.03. The summed E-state index contributed by atoms with van der Waals surface area (Å²) >= 11 is 0. The molecule has 1 fully saturated rings. The van der Waals surface area contributed by atoms with E-state index in [-0.39, 0.29) is 18.7 Å². The van der Waals surface area contributed by atoms with E-state index >= 15 is 0 Å². The van der Waals surface area contributed by atoms with Crippen molar-refractivity contribution in [3.63, 3.8) is 0 Å². The third-order valence-electron chi connectivity index (χ3n) is 2.24. The van der Waals surface area contributed by atoms with Gasteiger partial charge in [0.15, 0.2) is 17.3 Å². The minimum absolute atomic E-state index is 0.0490. The second kappa shape index (κ2) is 2.73. The van der Waals surface area contributed by atoms with Crippen molar-refractivity contribution in [2.75, 3.05) is 13.1 Å². The first-order valence-corrected chi connectivity index (χ1v) is 3.98.